The van der Waals surface area contributed by atoms with Crippen molar-refractivity contribution in [2.45, 2.75) is 6.61 Å². The summed E-state index contributed by atoms with van der Waals surface area (Å²) in [6.45, 7) is 0.250. The SMILES string of the molecule is CNC(=O)c1cccc(COc2ccccc2C(=O)Nc2ccccc2)c1. The monoisotopic (exact) mass is 360 g/mol. The minimum Gasteiger partial charge on any atom is -0.488 e. The lowest BCUT2D eigenvalue weighted by atomic mass is 10.1. The first-order valence-corrected chi connectivity index (χ1v) is 8.56. The molecule has 0 bridgehead atoms. The zero-order chi connectivity index (χ0) is 19.1. The zero-order valence-electron chi connectivity index (χ0n) is 14.9. The van der Waals surface area contributed by atoms with Gasteiger partial charge in [-0.1, -0.05) is 42.5 Å². The summed E-state index contributed by atoms with van der Waals surface area (Å²) >= 11 is 0. The smallest absolute Gasteiger partial charge is 0.259 e. The van der Waals surface area contributed by atoms with Crippen LogP contribution >= 0.6 is 0 Å². The molecular weight excluding hydrogens is 340 g/mol. The average molecular weight is 360 g/mol. The van der Waals surface area contributed by atoms with Gasteiger partial charge < -0.3 is 15.4 Å². The average Bonchev–Trinajstić information content (AvgIpc) is 2.72. The minimum atomic E-state index is -0.240. The molecule has 5 heteroatoms. The topological polar surface area (TPSA) is 67.4 Å². The number of ether oxygens (including phenoxy) is 1. The number of carbonyl (C=O) groups is 2. The lowest BCUT2D eigenvalue weighted by Gasteiger charge is -2.12. The fraction of sp³-hybridized carbons (Fsp3) is 0.0909. The highest BCUT2D eigenvalue weighted by molar-refractivity contribution is 6.06. The maximum Gasteiger partial charge on any atom is 0.259 e. The number of para-hydroxylation sites is 2. The predicted octanol–water partition coefficient (Wildman–Crippen LogP) is 3.88. The van der Waals surface area contributed by atoms with Crippen LogP contribution in [0.2, 0.25) is 0 Å². The Bertz CT molecular complexity index is 939. The molecule has 0 spiro atoms. The van der Waals surface area contributed by atoms with Gasteiger partial charge in [0.05, 0.1) is 5.56 Å². The molecule has 3 aromatic carbocycles. The molecule has 0 aliphatic heterocycles. The van der Waals surface area contributed by atoms with Crippen LogP contribution in [0.3, 0.4) is 0 Å². The molecule has 2 amide bonds. The predicted molar refractivity (Wildman–Crippen MR) is 105 cm³/mol. The van der Waals surface area contributed by atoms with Gasteiger partial charge in [0.25, 0.3) is 11.8 Å². The first kappa shape index (κ1) is 18.2. The van der Waals surface area contributed by atoms with E-state index in [1.54, 1.807) is 43.4 Å². The molecule has 2 N–H and O–H groups in total. The molecule has 0 atom stereocenters. The van der Waals surface area contributed by atoms with Crippen molar-refractivity contribution in [3.05, 3.63) is 95.6 Å². The standard InChI is InChI=1S/C22H20N2O3/c1-23-21(25)17-9-7-8-16(14-17)15-27-20-13-6-5-12-19(20)22(26)24-18-10-3-2-4-11-18/h2-14H,15H2,1H3,(H,23,25)(H,24,26). The quantitative estimate of drug-likeness (QED) is 0.701. The van der Waals surface area contributed by atoms with Crippen molar-refractivity contribution in [3.8, 4) is 5.75 Å². The van der Waals surface area contributed by atoms with Crippen molar-refractivity contribution in [1.82, 2.24) is 5.32 Å². The van der Waals surface area contributed by atoms with Crippen molar-refractivity contribution in [2.75, 3.05) is 12.4 Å². The van der Waals surface area contributed by atoms with Crippen LogP contribution < -0.4 is 15.4 Å². The Kier molecular flexibility index (Phi) is 5.84. The summed E-state index contributed by atoms with van der Waals surface area (Å²) in [5.41, 5.74) is 2.57. The third-order valence-corrected chi connectivity index (χ3v) is 3.97. The maximum atomic E-state index is 12.6. The van der Waals surface area contributed by atoms with Crippen LogP contribution in [0.4, 0.5) is 5.69 Å². The van der Waals surface area contributed by atoms with Crippen LogP contribution in [0.1, 0.15) is 26.3 Å². The molecule has 0 saturated carbocycles. The summed E-state index contributed by atoms with van der Waals surface area (Å²) in [6, 6.07) is 23.5. The van der Waals surface area contributed by atoms with Crippen LogP contribution in [0.15, 0.2) is 78.9 Å². The van der Waals surface area contributed by atoms with E-state index >= 15 is 0 Å². The Hall–Kier alpha value is -3.60. The number of hydrogen-bond donors (Lipinski definition) is 2. The van der Waals surface area contributed by atoms with Gasteiger partial charge in [-0.2, -0.15) is 0 Å². The van der Waals surface area contributed by atoms with E-state index < -0.39 is 0 Å². The molecular formula is C22H20N2O3. The van der Waals surface area contributed by atoms with E-state index in [4.69, 9.17) is 4.74 Å². The van der Waals surface area contributed by atoms with Crippen molar-refractivity contribution in [2.24, 2.45) is 0 Å². The second-order valence-electron chi connectivity index (χ2n) is 5.88. The highest BCUT2D eigenvalue weighted by Gasteiger charge is 2.13. The molecule has 0 radical (unpaired) electrons. The van der Waals surface area contributed by atoms with Crippen molar-refractivity contribution < 1.29 is 14.3 Å². The molecule has 5 nitrogen and oxygen atoms in total. The van der Waals surface area contributed by atoms with Crippen LogP contribution in [-0.4, -0.2) is 18.9 Å². The number of anilines is 1. The summed E-state index contributed by atoms with van der Waals surface area (Å²) < 4.78 is 5.86. The van der Waals surface area contributed by atoms with Gasteiger partial charge in [-0.3, -0.25) is 9.59 Å². The number of benzene rings is 3. The van der Waals surface area contributed by atoms with Gasteiger partial charge in [0.1, 0.15) is 12.4 Å². The molecule has 0 aliphatic rings. The summed E-state index contributed by atoms with van der Waals surface area (Å²) in [4.78, 5) is 24.3. The van der Waals surface area contributed by atoms with E-state index in [0.717, 1.165) is 11.3 Å². The van der Waals surface area contributed by atoms with Gasteiger partial charge in [-0.25, -0.2) is 0 Å². The molecule has 0 aromatic heterocycles. The number of carbonyl (C=O) groups excluding carboxylic acids is 2. The Morgan fingerprint density at radius 1 is 0.852 bits per heavy atom. The maximum absolute atomic E-state index is 12.6. The van der Waals surface area contributed by atoms with Gasteiger partial charge in [0.2, 0.25) is 0 Å². The van der Waals surface area contributed by atoms with E-state index in [1.807, 2.05) is 42.5 Å². The highest BCUT2D eigenvalue weighted by atomic mass is 16.5. The van der Waals surface area contributed by atoms with E-state index in [2.05, 4.69) is 10.6 Å². The van der Waals surface area contributed by atoms with Crippen molar-refractivity contribution in [1.29, 1.82) is 0 Å². The van der Waals surface area contributed by atoms with E-state index in [1.165, 1.54) is 0 Å². The Morgan fingerprint density at radius 3 is 2.37 bits per heavy atom. The normalized spacial score (nSPS) is 10.1. The molecule has 0 fully saturated rings. The third kappa shape index (κ3) is 4.73. The molecule has 3 rings (SSSR count). The lowest BCUT2D eigenvalue weighted by Crippen LogP contribution is -2.18. The number of nitrogens with one attached hydrogen (secondary N) is 2. The van der Waals surface area contributed by atoms with Gasteiger partial charge >= 0.3 is 0 Å². The Balaban J connectivity index is 1.73. The molecule has 3 aromatic rings. The third-order valence-electron chi connectivity index (χ3n) is 3.97. The molecule has 0 unspecified atom stereocenters. The lowest BCUT2D eigenvalue weighted by molar-refractivity contribution is 0.0962. The van der Waals surface area contributed by atoms with E-state index in [-0.39, 0.29) is 18.4 Å². The number of amides is 2. The minimum absolute atomic E-state index is 0.153. The summed E-state index contributed by atoms with van der Waals surface area (Å²) in [6.07, 6.45) is 0. The van der Waals surface area contributed by atoms with Gasteiger partial charge in [0, 0.05) is 18.3 Å². The zero-order valence-corrected chi connectivity index (χ0v) is 14.9. The molecule has 136 valence electrons. The van der Waals surface area contributed by atoms with Crippen molar-refractivity contribution in [3.63, 3.8) is 0 Å². The van der Waals surface area contributed by atoms with Crippen LogP contribution in [0.5, 0.6) is 5.75 Å². The molecule has 0 heterocycles. The van der Waals surface area contributed by atoms with Gasteiger partial charge in [-0.15, -0.1) is 0 Å². The van der Waals surface area contributed by atoms with E-state index in [0.29, 0.717) is 16.9 Å². The summed E-state index contributed by atoms with van der Waals surface area (Å²) in [5, 5.41) is 5.45. The second-order valence-corrected chi connectivity index (χ2v) is 5.88. The Labute approximate surface area is 158 Å². The van der Waals surface area contributed by atoms with Crippen LogP contribution in [0, 0.1) is 0 Å². The first-order valence-electron chi connectivity index (χ1n) is 8.56. The Morgan fingerprint density at radius 2 is 1.59 bits per heavy atom. The molecule has 0 saturated heterocycles. The van der Waals surface area contributed by atoms with Gasteiger partial charge in [0.15, 0.2) is 0 Å². The number of hydrogen-bond acceptors (Lipinski definition) is 3. The second kappa shape index (κ2) is 8.67. The fourth-order valence-electron chi connectivity index (χ4n) is 2.61. The molecule has 27 heavy (non-hydrogen) atoms. The van der Waals surface area contributed by atoms with Crippen LogP contribution in [-0.2, 0) is 6.61 Å². The van der Waals surface area contributed by atoms with Crippen LogP contribution in [0.25, 0.3) is 0 Å². The highest BCUT2D eigenvalue weighted by Crippen LogP contribution is 2.21. The summed E-state index contributed by atoms with van der Waals surface area (Å²) in [5.74, 6) is 0.0895. The summed E-state index contributed by atoms with van der Waals surface area (Å²) in [7, 11) is 1.59. The van der Waals surface area contributed by atoms with Crippen molar-refractivity contribution >= 4 is 17.5 Å². The molecule has 0 aliphatic carbocycles. The number of rotatable bonds is 6. The van der Waals surface area contributed by atoms with E-state index in [9.17, 15) is 9.59 Å². The van der Waals surface area contributed by atoms with Gasteiger partial charge in [-0.05, 0) is 42.0 Å². The largest absolute Gasteiger partial charge is 0.488 e. The fourth-order valence-corrected chi connectivity index (χ4v) is 2.61. The first-order chi connectivity index (χ1) is 13.2.